The lowest BCUT2D eigenvalue weighted by atomic mass is 10.1. The van der Waals surface area contributed by atoms with Gasteiger partial charge in [-0.25, -0.2) is 19.9 Å². The van der Waals surface area contributed by atoms with Crippen LogP contribution >= 0.6 is 0 Å². The van der Waals surface area contributed by atoms with Gasteiger partial charge < -0.3 is 9.30 Å². The van der Waals surface area contributed by atoms with Crippen LogP contribution in [-0.2, 0) is 11.8 Å². The van der Waals surface area contributed by atoms with E-state index in [0.717, 1.165) is 37.4 Å². The van der Waals surface area contributed by atoms with Crippen molar-refractivity contribution in [3.05, 3.63) is 64.7 Å². The smallest absolute Gasteiger partial charge is 0.381 e. The number of nitrogens with zero attached hydrogens (tertiary/aromatic N) is 5. The first-order valence-corrected chi connectivity index (χ1v) is 12.1. The maximum atomic E-state index is 12.4. The molecule has 36 heavy (non-hydrogen) atoms. The van der Waals surface area contributed by atoms with Crippen molar-refractivity contribution in [3.8, 4) is 0 Å². The van der Waals surface area contributed by atoms with Crippen molar-refractivity contribution in [2.75, 3.05) is 13.2 Å². The maximum absolute atomic E-state index is 12.4. The molecule has 1 aliphatic heterocycles. The number of hydrogen-bond acceptors (Lipinski definition) is 6. The first kappa shape index (κ1) is 27.4. The van der Waals surface area contributed by atoms with Crippen molar-refractivity contribution in [3.63, 3.8) is 0 Å². The summed E-state index contributed by atoms with van der Waals surface area (Å²) < 4.78 is 43.7. The average molecular weight is 504 g/mol. The lowest BCUT2D eigenvalue weighted by Gasteiger charge is -2.11. The van der Waals surface area contributed by atoms with E-state index in [1.165, 1.54) is 36.2 Å². The zero-order chi connectivity index (χ0) is 26.1. The number of halogens is 3. The van der Waals surface area contributed by atoms with Gasteiger partial charge in [0.25, 0.3) is 0 Å². The highest BCUT2D eigenvalue weighted by Gasteiger charge is 2.29. The molecule has 7 nitrogen and oxygen atoms in total. The molecule has 1 saturated carbocycles. The molecule has 3 aromatic heterocycles. The van der Waals surface area contributed by atoms with Crippen LogP contribution in [0.15, 0.2) is 42.1 Å². The third kappa shape index (κ3) is 8.51. The van der Waals surface area contributed by atoms with E-state index in [2.05, 4.69) is 26.5 Å². The number of rotatable bonds is 4. The van der Waals surface area contributed by atoms with Crippen molar-refractivity contribution in [2.45, 2.75) is 64.0 Å². The minimum absolute atomic E-state index is 0.0347. The van der Waals surface area contributed by atoms with Gasteiger partial charge in [-0.05, 0) is 57.1 Å². The second kappa shape index (κ2) is 12.7. The van der Waals surface area contributed by atoms with E-state index in [9.17, 15) is 18.0 Å². The summed E-state index contributed by atoms with van der Waals surface area (Å²) in [5.74, 6) is 0.397. The Morgan fingerprint density at radius 3 is 2.36 bits per heavy atom. The first-order chi connectivity index (χ1) is 17.2. The highest BCUT2D eigenvalue weighted by atomic mass is 19.4. The van der Waals surface area contributed by atoms with Gasteiger partial charge >= 0.3 is 6.18 Å². The van der Waals surface area contributed by atoms with Crippen LogP contribution in [0, 0.1) is 6.92 Å². The van der Waals surface area contributed by atoms with Gasteiger partial charge in [-0.3, -0.25) is 4.79 Å². The number of aryl methyl sites for hydroxylation is 2. The molecule has 1 saturated heterocycles. The summed E-state index contributed by atoms with van der Waals surface area (Å²) in [5.41, 5.74) is 3.27. The van der Waals surface area contributed by atoms with Crippen LogP contribution in [0.2, 0.25) is 0 Å². The van der Waals surface area contributed by atoms with E-state index < -0.39 is 12.6 Å². The molecule has 194 valence electrons. The highest BCUT2D eigenvalue weighted by molar-refractivity contribution is 5.83. The van der Waals surface area contributed by atoms with Crippen LogP contribution < -0.4 is 5.56 Å². The molecule has 0 N–H and O–H groups in total. The number of alkyl halides is 3. The third-order valence-electron chi connectivity index (χ3n) is 5.77. The van der Waals surface area contributed by atoms with E-state index >= 15 is 0 Å². The predicted octanol–water partition coefficient (Wildman–Crippen LogP) is 5.53. The molecule has 0 spiro atoms. The topological polar surface area (TPSA) is 82.8 Å². The fourth-order valence-corrected chi connectivity index (χ4v) is 3.58. The van der Waals surface area contributed by atoms with Gasteiger partial charge in [0.1, 0.15) is 11.8 Å². The Bertz CT molecular complexity index is 1210. The molecule has 0 aromatic carbocycles. The Hall–Kier alpha value is -3.14. The average Bonchev–Trinajstić information content (AvgIpc) is 3.70. The molecule has 2 fully saturated rings. The molecule has 3 aromatic rings. The number of ether oxygens (including phenoxy) is 1. The van der Waals surface area contributed by atoms with E-state index in [0.29, 0.717) is 28.3 Å². The maximum Gasteiger partial charge on any atom is 0.389 e. The van der Waals surface area contributed by atoms with Crippen molar-refractivity contribution in [1.29, 1.82) is 0 Å². The SMILES string of the molecule is C1CCOCC1.C=C(CCC(F)(F)F)c1ncnc2nc(C)c(C3CC3)nc12.Cn1ccccc1=O. The third-order valence-corrected chi connectivity index (χ3v) is 5.77. The van der Waals surface area contributed by atoms with Crippen molar-refractivity contribution in [2.24, 2.45) is 7.05 Å². The van der Waals surface area contributed by atoms with Crippen LogP contribution in [0.3, 0.4) is 0 Å². The number of pyridine rings is 1. The summed E-state index contributed by atoms with van der Waals surface area (Å²) in [6.07, 6.45) is 3.74. The van der Waals surface area contributed by atoms with Crippen LogP contribution in [0.4, 0.5) is 13.2 Å². The molecule has 0 radical (unpaired) electrons. The predicted molar refractivity (Wildman–Crippen MR) is 133 cm³/mol. The Morgan fingerprint density at radius 2 is 1.86 bits per heavy atom. The number of hydrogen-bond donors (Lipinski definition) is 0. The quantitative estimate of drug-likeness (QED) is 0.465. The fourth-order valence-electron chi connectivity index (χ4n) is 3.58. The highest BCUT2D eigenvalue weighted by Crippen LogP contribution is 2.40. The van der Waals surface area contributed by atoms with Crippen LogP contribution in [-0.4, -0.2) is 43.9 Å². The van der Waals surface area contributed by atoms with Gasteiger partial charge in [-0.15, -0.1) is 0 Å². The molecule has 0 amide bonds. The van der Waals surface area contributed by atoms with Gasteiger partial charge in [0.2, 0.25) is 5.56 Å². The Balaban J connectivity index is 0.000000209. The molecule has 2 aliphatic rings. The van der Waals surface area contributed by atoms with Crippen LogP contribution in [0.5, 0.6) is 0 Å². The molecule has 10 heteroatoms. The molecular formula is C26H32F3N5O2. The second-order valence-electron chi connectivity index (χ2n) is 8.90. The fraction of sp³-hybridized carbons (Fsp3) is 0.500. The Morgan fingerprint density at radius 1 is 1.14 bits per heavy atom. The normalized spacial score (nSPS) is 15.4. The molecule has 5 rings (SSSR count). The summed E-state index contributed by atoms with van der Waals surface area (Å²) >= 11 is 0. The monoisotopic (exact) mass is 503 g/mol. The lowest BCUT2D eigenvalue weighted by Crippen LogP contribution is -2.12. The minimum atomic E-state index is -4.22. The van der Waals surface area contributed by atoms with E-state index in [4.69, 9.17) is 4.74 Å². The summed E-state index contributed by atoms with van der Waals surface area (Å²) in [4.78, 5) is 27.7. The van der Waals surface area contributed by atoms with Crippen molar-refractivity contribution >= 4 is 16.7 Å². The number of allylic oxidation sites excluding steroid dienone is 1. The Kier molecular flexibility index (Phi) is 9.69. The van der Waals surface area contributed by atoms with Gasteiger partial charge in [-0.1, -0.05) is 12.6 Å². The van der Waals surface area contributed by atoms with Crippen molar-refractivity contribution in [1.82, 2.24) is 24.5 Å². The molecule has 0 bridgehead atoms. The summed E-state index contributed by atoms with van der Waals surface area (Å²) in [6.45, 7) is 7.61. The molecule has 1 aliphatic carbocycles. The van der Waals surface area contributed by atoms with Gasteiger partial charge in [-0.2, -0.15) is 13.2 Å². The summed E-state index contributed by atoms with van der Waals surface area (Å²) in [7, 11) is 1.72. The van der Waals surface area contributed by atoms with Gasteiger partial charge in [0, 0.05) is 44.9 Å². The molecule has 4 heterocycles. The van der Waals surface area contributed by atoms with E-state index in [1.54, 1.807) is 19.3 Å². The van der Waals surface area contributed by atoms with E-state index in [1.807, 2.05) is 13.0 Å². The minimum Gasteiger partial charge on any atom is -0.381 e. The summed E-state index contributed by atoms with van der Waals surface area (Å²) in [6, 6.07) is 5.07. The zero-order valence-corrected chi connectivity index (χ0v) is 20.7. The Labute approximate surface area is 208 Å². The largest absolute Gasteiger partial charge is 0.389 e. The number of aromatic nitrogens is 5. The van der Waals surface area contributed by atoms with Gasteiger partial charge in [0.05, 0.1) is 17.1 Å². The molecule has 0 unspecified atom stereocenters. The summed E-state index contributed by atoms with van der Waals surface area (Å²) in [5, 5.41) is 0. The first-order valence-electron chi connectivity index (χ1n) is 12.1. The zero-order valence-electron chi connectivity index (χ0n) is 20.7. The molecular weight excluding hydrogens is 471 g/mol. The lowest BCUT2D eigenvalue weighted by molar-refractivity contribution is -0.133. The van der Waals surface area contributed by atoms with Gasteiger partial charge in [0.15, 0.2) is 5.65 Å². The van der Waals surface area contributed by atoms with Crippen molar-refractivity contribution < 1.29 is 17.9 Å². The second-order valence-corrected chi connectivity index (χ2v) is 8.90. The van der Waals surface area contributed by atoms with Crippen LogP contribution in [0.25, 0.3) is 16.7 Å². The van der Waals surface area contributed by atoms with Crippen LogP contribution in [0.1, 0.15) is 67.9 Å². The molecule has 0 atom stereocenters. The van der Waals surface area contributed by atoms with E-state index in [-0.39, 0.29) is 12.0 Å². The standard InChI is InChI=1S/C15H15F3N4.C6H7NO.C5H10O/c1-8(5-6-15(16,17)18)11-13-14(20-7-19-11)21-9(2)12(22-13)10-3-4-10;1-7-5-3-2-4-6(7)8;1-2-4-6-5-3-1/h7,10H,1,3-6H2,2H3;2-5H,1H3;1-5H2. The number of fused-ring (bicyclic) bond motifs is 1.